The molecule has 0 radical (unpaired) electrons. The Balaban J connectivity index is 1.74. The lowest BCUT2D eigenvalue weighted by molar-refractivity contribution is -0.119. The van der Waals surface area contributed by atoms with Gasteiger partial charge >= 0.3 is 0 Å². The lowest BCUT2D eigenvalue weighted by Crippen LogP contribution is -2.39. The second-order valence-corrected chi connectivity index (χ2v) is 6.93. The molecular formula is C18H23NO3S. The van der Waals surface area contributed by atoms with Crippen LogP contribution in [0.25, 0.3) is 0 Å². The van der Waals surface area contributed by atoms with Crippen molar-refractivity contribution in [3.63, 3.8) is 0 Å². The maximum atomic E-state index is 11.9. The van der Waals surface area contributed by atoms with Crippen molar-refractivity contribution in [2.45, 2.75) is 32.1 Å². The monoisotopic (exact) mass is 333 g/mol. The Morgan fingerprint density at radius 3 is 2.74 bits per heavy atom. The van der Waals surface area contributed by atoms with Crippen LogP contribution in [0.5, 0.6) is 0 Å². The fourth-order valence-electron chi connectivity index (χ4n) is 2.20. The van der Waals surface area contributed by atoms with Crippen LogP contribution in [0.2, 0.25) is 0 Å². The standard InChI is InChI=1S/C18H23NO3S/c1-13-5-4-6-15(9-13)10-23-11-17(20)19-12-18(3,21)16-8-7-14(2)22-16/h4-9,21H,10-12H2,1-3H3,(H,19,20). The highest BCUT2D eigenvalue weighted by Crippen LogP contribution is 2.22. The molecule has 1 atom stereocenters. The quantitative estimate of drug-likeness (QED) is 0.817. The van der Waals surface area contributed by atoms with Gasteiger partial charge in [-0.05, 0) is 38.5 Å². The van der Waals surface area contributed by atoms with Gasteiger partial charge in [0.2, 0.25) is 5.91 Å². The minimum absolute atomic E-state index is 0.0915. The number of furan rings is 1. The molecule has 0 aliphatic rings. The third-order valence-corrected chi connectivity index (χ3v) is 4.49. The highest BCUT2D eigenvalue weighted by atomic mass is 32.2. The van der Waals surface area contributed by atoms with Crippen molar-refractivity contribution in [1.82, 2.24) is 5.32 Å². The molecule has 2 aromatic rings. The summed E-state index contributed by atoms with van der Waals surface area (Å²) in [6.45, 7) is 5.63. The molecule has 0 spiro atoms. The predicted octanol–water partition coefficient (Wildman–Crippen LogP) is 3.15. The van der Waals surface area contributed by atoms with E-state index in [2.05, 4.69) is 30.4 Å². The average molecular weight is 333 g/mol. The van der Waals surface area contributed by atoms with Crippen molar-refractivity contribution < 1.29 is 14.3 Å². The predicted molar refractivity (Wildman–Crippen MR) is 93.4 cm³/mol. The van der Waals surface area contributed by atoms with E-state index in [1.54, 1.807) is 30.8 Å². The van der Waals surface area contributed by atoms with Crippen molar-refractivity contribution in [3.05, 3.63) is 59.0 Å². The number of aryl methyl sites for hydroxylation is 2. The summed E-state index contributed by atoms with van der Waals surface area (Å²) >= 11 is 1.56. The number of rotatable bonds is 7. The lowest BCUT2D eigenvalue weighted by Gasteiger charge is -2.21. The molecule has 4 nitrogen and oxygen atoms in total. The summed E-state index contributed by atoms with van der Waals surface area (Å²) < 4.78 is 5.42. The van der Waals surface area contributed by atoms with Crippen LogP contribution in [0, 0.1) is 13.8 Å². The molecule has 2 N–H and O–H groups in total. The van der Waals surface area contributed by atoms with Crippen LogP contribution in [0.15, 0.2) is 40.8 Å². The van der Waals surface area contributed by atoms with Crippen LogP contribution in [0.4, 0.5) is 0 Å². The Hall–Kier alpha value is -1.72. The summed E-state index contributed by atoms with van der Waals surface area (Å²) in [5.41, 5.74) is 1.23. The zero-order valence-electron chi connectivity index (χ0n) is 13.8. The zero-order chi connectivity index (χ0) is 16.9. The van der Waals surface area contributed by atoms with Crippen LogP contribution in [0.1, 0.15) is 29.6 Å². The number of aliphatic hydroxyl groups is 1. The fraction of sp³-hybridized carbons (Fsp3) is 0.389. The molecule has 1 aromatic heterocycles. The van der Waals surface area contributed by atoms with Gasteiger partial charge in [-0.2, -0.15) is 0 Å². The van der Waals surface area contributed by atoms with Gasteiger partial charge in [0, 0.05) is 5.75 Å². The first-order valence-corrected chi connectivity index (χ1v) is 8.71. The molecule has 1 aromatic carbocycles. The zero-order valence-corrected chi connectivity index (χ0v) is 14.6. The maximum absolute atomic E-state index is 11.9. The smallest absolute Gasteiger partial charge is 0.230 e. The van der Waals surface area contributed by atoms with E-state index in [0.29, 0.717) is 11.5 Å². The molecule has 0 saturated carbocycles. The Morgan fingerprint density at radius 2 is 2.09 bits per heavy atom. The van der Waals surface area contributed by atoms with Crippen LogP contribution >= 0.6 is 11.8 Å². The molecule has 1 unspecified atom stereocenters. The van der Waals surface area contributed by atoms with Crippen LogP contribution < -0.4 is 5.32 Å². The molecule has 1 amide bonds. The molecule has 0 bridgehead atoms. The number of hydrogen-bond donors (Lipinski definition) is 2. The Bertz CT molecular complexity index is 664. The van der Waals surface area contributed by atoms with Crippen LogP contribution in [-0.2, 0) is 16.1 Å². The highest BCUT2D eigenvalue weighted by Gasteiger charge is 2.27. The van der Waals surface area contributed by atoms with Gasteiger partial charge in [-0.3, -0.25) is 4.79 Å². The SMILES string of the molecule is Cc1cccc(CSCC(=O)NCC(C)(O)c2ccc(C)o2)c1. The number of carbonyl (C=O) groups excluding carboxylic acids is 1. The topological polar surface area (TPSA) is 62.5 Å². The largest absolute Gasteiger partial charge is 0.463 e. The van der Waals surface area contributed by atoms with Crippen molar-refractivity contribution in [2.24, 2.45) is 0 Å². The van der Waals surface area contributed by atoms with E-state index in [1.807, 2.05) is 13.0 Å². The van der Waals surface area contributed by atoms with Crippen molar-refractivity contribution >= 4 is 17.7 Å². The van der Waals surface area contributed by atoms with E-state index in [9.17, 15) is 9.90 Å². The molecule has 0 saturated heterocycles. The molecular weight excluding hydrogens is 310 g/mol. The first-order chi connectivity index (χ1) is 10.9. The Kier molecular flexibility index (Phi) is 5.91. The first kappa shape index (κ1) is 17.6. The number of benzene rings is 1. The molecule has 0 aliphatic heterocycles. The van der Waals surface area contributed by atoms with Gasteiger partial charge in [0.15, 0.2) is 0 Å². The number of hydrogen-bond acceptors (Lipinski definition) is 4. The second kappa shape index (κ2) is 7.70. The van der Waals surface area contributed by atoms with Gasteiger partial charge < -0.3 is 14.8 Å². The third-order valence-electron chi connectivity index (χ3n) is 3.49. The summed E-state index contributed by atoms with van der Waals surface area (Å²) in [6.07, 6.45) is 0. The summed E-state index contributed by atoms with van der Waals surface area (Å²) in [7, 11) is 0. The van der Waals surface area contributed by atoms with Crippen molar-refractivity contribution in [3.8, 4) is 0 Å². The number of nitrogens with one attached hydrogen (secondary N) is 1. The molecule has 0 aliphatic carbocycles. The van der Waals surface area contributed by atoms with Gasteiger partial charge in [0.05, 0.1) is 12.3 Å². The van der Waals surface area contributed by atoms with Gasteiger partial charge in [-0.15, -0.1) is 11.8 Å². The molecule has 124 valence electrons. The van der Waals surface area contributed by atoms with Crippen LogP contribution in [-0.4, -0.2) is 23.3 Å². The molecule has 5 heteroatoms. The molecule has 2 rings (SSSR count). The second-order valence-electron chi connectivity index (χ2n) is 5.94. The van der Waals surface area contributed by atoms with E-state index in [0.717, 1.165) is 11.5 Å². The molecule has 1 heterocycles. The van der Waals surface area contributed by atoms with Crippen molar-refractivity contribution in [1.29, 1.82) is 0 Å². The summed E-state index contributed by atoms with van der Waals surface area (Å²) in [5.74, 6) is 2.26. The van der Waals surface area contributed by atoms with E-state index in [-0.39, 0.29) is 12.5 Å². The molecule has 23 heavy (non-hydrogen) atoms. The average Bonchev–Trinajstić information content (AvgIpc) is 2.93. The summed E-state index contributed by atoms with van der Waals surface area (Å²) in [5, 5.41) is 13.1. The van der Waals surface area contributed by atoms with Gasteiger partial charge in [0.25, 0.3) is 0 Å². The van der Waals surface area contributed by atoms with E-state index < -0.39 is 5.60 Å². The lowest BCUT2D eigenvalue weighted by atomic mass is 10.0. The number of thioether (sulfide) groups is 1. The maximum Gasteiger partial charge on any atom is 0.230 e. The fourth-order valence-corrected chi connectivity index (χ4v) is 3.00. The van der Waals surface area contributed by atoms with E-state index >= 15 is 0 Å². The third kappa shape index (κ3) is 5.44. The Labute approximate surface area is 141 Å². The van der Waals surface area contributed by atoms with Crippen molar-refractivity contribution in [2.75, 3.05) is 12.3 Å². The van der Waals surface area contributed by atoms with Crippen LogP contribution in [0.3, 0.4) is 0 Å². The number of carbonyl (C=O) groups is 1. The highest BCUT2D eigenvalue weighted by molar-refractivity contribution is 7.99. The molecule has 0 fully saturated rings. The first-order valence-electron chi connectivity index (χ1n) is 7.56. The Morgan fingerprint density at radius 1 is 1.30 bits per heavy atom. The normalized spacial score (nSPS) is 13.6. The summed E-state index contributed by atoms with van der Waals surface area (Å²) in [4.78, 5) is 11.9. The van der Waals surface area contributed by atoms with E-state index in [1.165, 1.54) is 11.1 Å². The number of amides is 1. The van der Waals surface area contributed by atoms with Gasteiger partial charge in [-0.25, -0.2) is 0 Å². The summed E-state index contributed by atoms with van der Waals surface area (Å²) in [6, 6.07) is 11.8. The van der Waals surface area contributed by atoms with Gasteiger partial charge in [0.1, 0.15) is 17.1 Å². The van der Waals surface area contributed by atoms with E-state index in [4.69, 9.17) is 4.42 Å². The minimum atomic E-state index is -1.20. The van der Waals surface area contributed by atoms with Gasteiger partial charge in [-0.1, -0.05) is 29.8 Å². The minimum Gasteiger partial charge on any atom is -0.463 e.